The fourth-order valence-corrected chi connectivity index (χ4v) is 5.26. The van der Waals surface area contributed by atoms with E-state index in [1.807, 2.05) is 38.1 Å². The third-order valence-electron chi connectivity index (χ3n) is 5.47. The van der Waals surface area contributed by atoms with E-state index in [2.05, 4.69) is 10.3 Å². The number of rotatable bonds is 8. The van der Waals surface area contributed by atoms with E-state index in [0.29, 0.717) is 11.4 Å². The predicted molar refractivity (Wildman–Crippen MR) is 119 cm³/mol. The van der Waals surface area contributed by atoms with E-state index >= 15 is 0 Å². The Hall–Kier alpha value is -2.20. The maximum Gasteiger partial charge on any atom is 0.237 e. The molecule has 0 bridgehead atoms. The third kappa shape index (κ3) is 4.55. The van der Waals surface area contributed by atoms with Gasteiger partial charge < -0.3 is 15.2 Å². The molecule has 0 spiro atoms. The summed E-state index contributed by atoms with van der Waals surface area (Å²) < 4.78 is 31.4. The molecule has 2 heterocycles. The van der Waals surface area contributed by atoms with Crippen LogP contribution in [-0.4, -0.2) is 61.3 Å². The highest BCUT2D eigenvalue weighted by molar-refractivity contribution is 7.89. The smallest absolute Gasteiger partial charge is 0.237 e. The maximum absolute atomic E-state index is 13.6. The first-order valence-corrected chi connectivity index (χ1v) is 11.8. The standard InChI is InChI=1S/C21H26ClN3O5S/c1-14(2)15-6-4-5-7-16(15)21(12-25(13-21)31(28,29)9-8-26)20(27)24-17-11-23-19(22)10-18(17)30-3/h4-7,10-11,14,26H,8-9,12-13H2,1-3H3,(H,24,27). The topological polar surface area (TPSA) is 109 Å². The van der Waals surface area contributed by atoms with E-state index in [1.165, 1.54) is 23.7 Å². The number of aromatic nitrogens is 1. The molecule has 1 aliphatic heterocycles. The summed E-state index contributed by atoms with van der Waals surface area (Å²) in [6, 6.07) is 9.04. The second-order valence-electron chi connectivity index (χ2n) is 7.79. The van der Waals surface area contributed by atoms with Crippen molar-refractivity contribution in [1.82, 2.24) is 9.29 Å². The van der Waals surface area contributed by atoms with Gasteiger partial charge in [0.05, 0.1) is 25.7 Å². The lowest BCUT2D eigenvalue weighted by Gasteiger charge is -2.49. The van der Waals surface area contributed by atoms with Gasteiger partial charge in [-0.25, -0.2) is 13.4 Å². The fourth-order valence-electron chi connectivity index (χ4n) is 3.79. The van der Waals surface area contributed by atoms with Crippen LogP contribution in [0, 0.1) is 0 Å². The molecule has 0 atom stereocenters. The van der Waals surface area contributed by atoms with Crippen LogP contribution in [0.2, 0.25) is 5.15 Å². The van der Waals surface area contributed by atoms with Gasteiger partial charge in [0.1, 0.15) is 22.0 Å². The summed E-state index contributed by atoms with van der Waals surface area (Å²) in [5, 5.41) is 12.2. The second-order valence-corrected chi connectivity index (χ2v) is 10.3. The number of hydrogen-bond acceptors (Lipinski definition) is 6. The van der Waals surface area contributed by atoms with E-state index in [-0.39, 0.29) is 35.8 Å². The van der Waals surface area contributed by atoms with E-state index in [9.17, 15) is 13.2 Å². The fraction of sp³-hybridized carbons (Fsp3) is 0.429. The number of pyridine rings is 1. The molecule has 2 N–H and O–H groups in total. The number of aliphatic hydroxyl groups is 1. The molecule has 168 valence electrons. The van der Waals surface area contributed by atoms with Crippen molar-refractivity contribution in [1.29, 1.82) is 0 Å². The number of ether oxygens (including phenoxy) is 1. The maximum atomic E-state index is 13.6. The molecule has 1 aromatic carbocycles. The molecule has 0 aliphatic carbocycles. The number of carbonyl (C=O) groups is 1. The molecule has 2 aromatic rings. The van der Waals surface area contributed by atoms with E-state index < -0.39 is 22.0 Å². The van der Waals surface area contributed by atoms with E-state index in [1.54, 1.807) is 0 Å². The zero-order chi connectivity index (χ0) is 22.8. The van der Waals surface area contributed by atoms with Crippen LogP contribution in [0.25, 0.3) is 0 Å². The van der Waals surface area contributed by atoms with Crippen molar-refractivity contribution in [2.24, 2.45) is 0 Å². The van der Waals surface area contributed by atoms with Crippen LogP contribution < -0.4 is 10.1 Å². The highest BCUT2D eigenvalue weighted by Gasteiger charge is 2.55. The third-order valence-corrected chi connectivity index (χ3v) is 7.42. The number of benzene rings is 1. The SMILES string of the molecule is COc1cc(Cl)ncc1NC(=O)C1(c2ccccc2C(C)C)CN(S(=O)(=O)CCO)C1. The quantitative estimate of drug-likeness (QED) is 0.577. The summed E-state index contributed by atoms with van der Waals surface area (Å²) in [5.74, 6) is -0.259. The Morgan fingerprint density at radius 1 is 1.35 bits per heavy atom. The molecule has 0 unspecified atom stereocenters. The Bertz CT molecular complexity index is 1070. The van der Waals surface area contributed by atoms with Crippen LogP contribution >= 0.6 is 11.6 Å². The monoisotopic (exact) mass is 467 g/mol. The Labute approximate surface area is 187 Å². The Morgan fingerprint density at radius 3 is 2.65 bits per heavy atom. The molecule has 1 fully saturated rings. The lowest BCUT2D eigenvalue weighted by molar-refractivity contribution is -0.125. The minimum Gasteiger partial charge on any atom is -0.494 e. The number of nitrogens with zero attached hydrogens (tertiary/aromatic N) is 2. The van der Waals surface area contributed by atoms with Crippen molar-refractivity contribution in [2.45, 2.75) is 25.2 Å². The van der Waals surface area contributed by atoms with Crippen LogP contribution in [0.1, 0.15) is 30.9 Å². The molecule has 1 saturated heterocycles. The molecular formula is C21H26ClN3O5S. The van der Waals surface area contributed by atoms with Gasteiger partial charge >= 0.3 is 0 Å². The van der Waals surface area contributed by atoms with Gasteiger partial charge in [-0.1, -0.05) is 49.7 Å². The molecule has 1 amide bonds. The number of amides is 1. The van der Waals surface area contributed by atoms with Gasteiger partial charge in [-0.15, -0.1) is 0 Å². The zero-order valence-corrected chi connectivity index (χ0v) is 19.2. The minimum atomic E-state index is -3.66. The van der Waals surface area contributed by atoms with Crippen molar-refractivity contribution in [3.05, 3.63) is 52.8 Å². The number of sulfonamides is 1. The summed E-state index contributed by atoms with van der Waals surface area (Å²) in [6.07, 6.45) is 1.40. The number of nitrogens with one attached hydrogen (secondary N) is 1. The van der Waals surface area contributed by atoms with Crippen LogP contribution in [0.3, 0.4) is 0 Å². The molecule has 1 aromatic heterocycles. The van der Waals surface area contributed by atoms with Gasteiger partial charge in [-0.2, -0.15) is 4.31 Å². The van der Waals surface area contributed by atoms with E-state index in [4.69, 9.17) is 21.4 Å². The van der Waals surface area contributed by atoms with Gasteiger partial charge in [-0.3, -0.25) is 4.79 Å². The summed E-state index contributed by atoms with van der Waals surface area (Å²) >= 11 is 5.91. The van der Waals surface area contributed by atoms with Crippen molar-refractivity contribution in [3.8, 4) is 5.75 Å². The molecule has 3 rings (SSSR count). The van der Waals surface area contributed by atoms with Gasteiger partial charge in [0.15, 0.2) is 0 Å². The van der Waals surface area contributed by atoms with Gasteiger partial charge in [0, 0.05) is 19.2 Å². The van der Waals surface area contributed by atoms with Crippen molar-refractivity contribution in [3.63, 3.8) is 0 Å². The highest BCUT2D eigenvalue weighted by atomic mass is 35.5. The second kappa shape index (κ2) is 9.12. The average Bonchev–Trinajstić information content (AvgIpc) is 2.68. The van der Waals surface area contributed by atoms with Gasteiger partial charge in [0.25, 0.3) is 0 Å². The van der Waals surface area contributed by atoms with Gasteiger partial charge in [-0.05, 0) is 17.0 Å². The van der Waals surface area contributed by atoms with Crippen LogP contribution in [0.15, 0.2) is 36.5 Å². The van der Waals surface area contributed by atoms with Gasteiger partial charge in [0.2, 0.25) is 15.9 Å². The Balaban J connectivity index is 2.02. The zero-order valence-electron chi connectivity index (χ0n) is 17.6. The number of halogens is 1. The van der Waals surface area contributed by atoms with Crippen LogP contribution in [0.4, 0.5) is 5.69 Å². The molecule has 8 nitrogen and oxygen atoms in total. The Morgan fingerprint density at radius 2 is 2.03 bits per heavy atom. The lowest BCUT2D eigenvalue weighted by atomic mass is 9.71. The number of aliphatic hydroxyl groups excluding tert-OH is 1. The number of hydrogen-bond donors (Lipinski definition) is 2. The summed E-state index contributed by atoms with van der Waals surface area (Å²) in [7, 11) is -2.21. The van der Waals surface area contributed by atoms with Crippen LogP contribution in [-0.2, 0) is 20.2 Å². The number of methoxy groups -OCH3 is 1. The molecule has 10 heteroatoms. The first kappa shape index (κ1) is 23.5. The first-order chi connectivity index (χ1) is 14.6. The molecule has 1 aliphatic rings. The Kier molecular flexibility index (Phi) is 6.90. The van der Waals surface area contributed by atoms with Crippen molar-refractivity contribution in [2.75, 3.05) is 37.9 Å². The molecular weight excluding hydrogens is 442 g/mol. The predicted octanol–water partition coefficient (Wildman–Crippen LogP) is 2.38. The number of anilines is 1. The summed E-state index contributed by atoms with van der Waals surface area (Å²) in [5.41, 5.74) is 1.00. The normalized spacial score (nSPS) is 16.1. The average molecular weight is 468 g/mol. The largest absolute Gasteiger partial charge is 0.494 e. The summed E-state index contributed by atoms with van der Waals surface area (Å²) in [6.45, 7) is 3.53. The van der Waals surface area contributed by atoms with E-state index in [0.717, 1.165) is 11.1 Å². The minimum absolute atomic E-state index is 0.0196. The highest BCUT2D eigenvalue weighted by Crippen LogP contribution is 2.41. The summed E-state index contributed by atoms with van der Waals surface area (Å²) in [4.78, 5) is 17.6. The molecule has 0 saturated carbocycles. The van der Waals surface area contributed by atoms with Crippen molar-refractivity contribution >= 4 is 33.2 Å². The number of carbonyl (C=O) groups excluding carboxylic acids is 1. The molecule has 31 heavy (non-hydrogen) atoms. The first-order valence-electron chi connectivity index (χ1n) is 9.83. The van der Waals surface area contributed by atoms with Crippen LogP contribution in [0.5, 0.6) is 5.75 Å². The lowest BCUT2D eigenvalue weighted by Crippen LogP contribution is -2.66. The van der Waals surface area contributed by atoms with Crippen molar-refractivity contribution < 1.29 is 23.1 Å². The molecule has 0 radical (unpaired) electrons.